The summed E-state index contributed by atoms with van der Waals surface area (Å²) in [6.07, 6.45) is 0. The number of imide groups is 1. The number of carbonyl (C=O) groups excluding carboxylic acids is 2. The van der Waals surface area contributed by atoms with Gasteiger partial charge in [-0.3, -0.25) is 14.5 Å². The van der Waals surface area contributed by atoms with Crippen LogP contribution >= 0.6 is 15.9 Å². The van der Waals surface area contributed by atoms with Crippen LogP contribution in [0.2, 0.25) is 0 Å². The number of hydrogen-bond acceptors (Lipinski definition) is 3. The van der Waals surface area contributed by atoms with Crippen LogP contribution in [0.1, 0.15) is 26.3 Å². The highest BCUT2D eigenvalue weighted by Crippen LogP contribution is 2.26. The first-order valence-electron chi connectivity index (χ1n) is 6.07. The number of nitrogens with zero attached hydrogens (tertiary/aromatic N) is 1. The minimum atomic E-state index is -0.257. The molecule has 0 spiro atoms. The molecule has 2 N–H and O–H groups in total. The number of rotatable bonds is 2. The van der Waals surface area contributed by atoms with Crippen molar-refractivity contribution in [1.82, 2.24) is 4.90 Å². The smallest absolute Gasteiger partial charge is 0.261 e. The van der Waals surface area contributed by atoms with Crippen LogP contribution in [0.15, 0.2) is 46.9 Å². The minimum Gasteiger partial charge on any atom is -0.398 e. The van der Waals surface area contributed by atoms with Crippen LogP contribution in [0.4, 0.5) is 5.69 Å². The van der Waals surface area contributed by atoms with E-state index in [0.717, 1.165) is 10.0 Å². The average molecular weight is 331 g/mol. The second kappa shape index (κ2) is 4.76. The van der Waals surface area contributed by atoms with Crippen LogP contribution in [-0.4, -0.2) is 16.7 Å². The topological polar surface area (TPSA) is 63.4 Å². The second-order valence-electron chi connectivity index (χ2n) is 4.60. The van der Waals surface area contributed by atoms with E-state index in [-0.39, 0.29) is 18.4 Å². The molecular formula is C15H11BrN2O2. The lowest BCUT2D eigenvalue weighted by atomic mass is 10.1. The summed E-state index contributed by atoms with van der Waals surface area (Å²) < 4.78 is 0.795. The maximum atomic E-state index is 12.2. The van der Waals surface area contributed by atoms with Gasteiger partial charge in [-0.05, 0) is 45.8 Å². The quantitative estimate of drug-likeness (QED) is 0.680. The van der Waals surface area contributed by atoms with Crippen molar-refractivity contribution in [1.29, 1.82) is 0 Å². The van der Waals surface area contributed by atoms with Gasteiger partial charge >= 0.3 is 0 Å². The molecule has 0 unspecified atom stereocenters. The molecule has 2 aromatic carbocycles. The van der Waals surface area contributed by atoms with E-state index in [1.165, 1.54) is 4.90 Å². The van der Waals surface area contributed by atoms with E-state index in [9.17, 15) is 9.59 Å². The molecule has 3 rings (SSSR count). The Labute approximate surface area is 124 Å². The van der Waals surface area contributed by atoms with Crippen molar-refractivity contribution in [3.05, 3.63) is 63.6 Å². The number of benzene rings is 2. The molecule has 2 aromatic rings. The lowest BCUT2D eigenvalue weighted by Crippen LogP contribution is -2.29. The SMILES string of the molecule is Nc1cc(CN2C(=O)c3ccccc3C2=O)ccc1Br. The van der Waals surface area contributed by atoms with Gasteiger partial charge in [0.1, 0.15) is 0 Å². The predicted molar refractivity (Wildman–Crippen MR) is 79.2 cm³/mol. The Kier molecular flexibility index (Phi) is 3.06. The number of nitrogen functional groups attached to an aromatic ring is 1. The van der Waals surface area contributed by atoms with E-state index in [1.54, 1.807) is 30.3 Å². The summed E-state index contributed by atoms with van der Waals surface area (Å²) in [5.74, 6) is -0.515. The van der Waals surface area contributed by atoms with Gasteiger partial charge in [-0.25, -0.2) is 0 Å². The Morgan fingerprint density at radius 2 is 1.60 bits per heavy atom. The molecule has 0 aromatic heterocycles. The summed E-state index contributed by atoms with van der Waals surface area (Å²) in [6.45, 7) is 0.226. The van der Waals surface area contributed by atoms with Crippen molar-refractivity contribution in [2.24, 2.45) is 0 Å². The van der Waals surface area contributed by atoms with Gasteiger partial charge in [0.15, 0.2) is 0 Å². The molecule has 0 radical (unpaired) electrons. The Balaban J connectivity index is 1.91. The van der Waals surface area contributed by atoms with Crippen molar-refractivity contribution in [3.63, 3.8) is 0 Å². The highest BCUT2D eigenvalue weighted by Gasteiger charge is 2.34. The molecule has 0 atom stereocenters. The fourth-order valence-electron chi connectivity index (χ4n) is 2.26. The monoisotopic (exact) mass is 330 g/mol. The maximum absolute atomic E-state index is 12.2. The predicted octanol–water partition coefficient (Wildman–Crippen LogP) is 2.83. The van der Waals surface area contributed by atoms with Crippen LogP contribution in [0, 0.1) is 0 Å². The van der Waals surface area contributed by atoms with Gasteiger partial charge in [0, 0.05) is 10.2 Å². The van der Waals surface area contributed by atoms with Gasteiger partial charge in [-0.1, -0.05) is 18.2 Å². The standard InChI is InChI=1S/C15H11BrN2O2/c16-12-6-5-9(7-13(12)17)8-18-14(19)10-3-1-2-4-11(10)15(18)20/h1-7H,8,17H2. The third-order valence-electron chi connectivity index (χ3n) is 3.28. The number of anilines is 1. The molecule has 1 aliphatic heterocycles. The van der Waals surface area contributed by atoms with Crippen LogP contribution in [-0.2, 0) is 6.54 Å². The van der Waals surface area contributed by atoms with Crippen LogP contribution < -0.4 is 5.73 Å². The summed E-state index contributed by atoms with van der Waals surface area (Å²) in [7, 11) is 0. The van der Waals surface area contributed by atoms with Crippen LogP contribution in [0.25, 0.3) is 0 Å². The number of carbonyl (C=O) groups is 2. The van der Waals surface area contributed by atoms with Crippen LogP contribution in [0.5, 0.6) is 0 Å². The fraction of sp³-hybridized carbons (Fsp3) is 0.0667. The molecule has 0 saturated carbocycles. The number of hydrogen-bond donors (Lipinski definition) is 1. The molecular weight excluding hydrogens is 320 g/mol. The Morgan fingerprint density at radius 1 is 1.00 bits per heavy atom. The summed E-state index contributed by atoms with van der Waals surface area (Å²) >= 11 is 3.32. The van der Waals surface area contributed by atoms with Gasteiger partial charge in [0.25, 0.3) is 11.8 Å². The Hall–Kier alpha value is -2.14. The van der Waals surface area contributed by atoms with E-state index in [1.807, 2.05) is 12.1 Å². The van der Waals surface area contributed by atoms with Crippen molar-refractivity contribution in [3.8, 4) is 0 Å². The first-order valence-corrected chi connectivity index (χ1v) is 6.86. The summed E-state index contributed by atoms with van der Waals surface area (Å²) in [6, 6.07) is 12.3. The largest absolute Gasteiger partial charge is 0.398 e. The molecule has 0 fully saturated rings. The molecule has 1 heterocycles. The maximum Gasteiger partial charge on any atom is 0.261 e. The zero-order chi connectivity index (χ0) is 14.3. The number of halogens is 1. The summed E-state index contributed by atoms with van der Waals surface area (Å²) in [5.41, 5.74) is 8.14. The third-order valence-corrected chi connectivity index (χ3v) is 4.00. The fourth-order valence-corrected chi connectivity index (χ4v) is 2.50. The Morgan fingerprint density at radius 3 is 2.15 bits per heavy atom. The molecule has 2 amide bonds. The average Bonchev–Trinajstić information content (AvgIpc) is 2.69. The van der Waals surface area contributed by atoms with Gasteiger partial charge in [0.2, 0.25) is 0 Å². The molecule has 100 valence electrons. The van der Waals surface area contributed by atoms with Crippen molar-refractivity contribution >= 4 is 33.4 Å². The molecule has 0 aliphatic carbocycles. The molecule has 4 nitrogen and oxygen atoms in total. The molecule has 20 heavy (non-hydrogen) atoms. The minimum absolute atomic E-state index is 0.226. The third kappa shape index (κ3) is 2.00. The molecule has 0 saturated heterocycles. The zero-order valence-corrected chi connectivity index (χ0v) is 12.1. The van der Waals surface area contributed by atoms with E-state index in [4.69, 9.17) is 5.73 Å². The van der Waals surface area contributed by atoms with E-state index in [2.05, 4.69) is 15.9 Å². The van der Waals surface area contributed by atoms with Crippen molar-refractivity contribution in [2.75, 3.05) is 5.73 Å². The van der Waals surface area contributed by atoms with Crippen LogP contribution in [0.3, 0.4) is 0 Å². The number of nitrogens with two attached hydrogens (primary N) is 1. The molecule has 5 heteroatoms. The zero-order valence-electron chi connectivity index (χ0n) is 10.5. The van der Waals surface area contributed by atoms with E-state index in [0.29, 0.717) is 16.8 Å². The molecule has 0 bridgehead atoms. The van der Waals surface area contributed by atoms with Gasteiger partial charge in [-0.2, -0.15) is 0 Å². The highest BCUT2D eigenvalue weighted by molar-refractivity contribution is 9.10. The first-order chi connectivity index (χ1) is 9.58. The molecule has 1 aliphatic rings. The highest BCUT2D eigenvalue weighted by atomic mass is 79.9. The first kappa shape index (κ1) is 12.9. The number of amides is 2. The summed E-state index contributed by atoms with van der Waals surface area (Å²) in [4.78, 5) is 25.7. The van der Waals surface area contributed by atoms with Gasteiger partial charge < -0.3 is 5.73 Å². The number of fused-ring (bicyclic) bond motifs is 1. The lowest BCUT2D eigenvalue weighted by molar-refractivity contribution is 0.0642. The van der Waals surface area contributed by atoms with E-state index < -0.39 is 0 Å². The Bertz CT molecular complexity index is 693. The lowest BCUT2D eigenvalue weighted by Gasteiger charge is -2.14. The normalized spacial score (nSPS) is 13.8. The summed E-state index contributed by atoms with van der Waals surface area (Å²) in [5, 5.41) is 0. The van der Waals surface area contributed by atoms with E-state index >= 15 is 0 Å². The van der Waals surface area contributed by atoms with Gasteiger partial charge in [-0.15, -0.1) is 0 Å². The second-order valence-corrected chi connectivity index (χ2v) is 5.45. The van der Waals surface area contributed by atoms with Gasteiger partial charge in [0.05, 0.1) is 17.7 Å². The van der Waals surface area contributed by atoms with Crippen molar-refractivity contribution < 1.29 is 9.59 Å². The van der Waals surface area contributed by atoms with Crippen molar-refractivity contribution in [2.45, 2.75) is 6.54 Å².